The molecular formula is C21H19F2N5O3S. The summed E-state index contributed by atoms with van der Waals surface area (Å²) in [5, 5.41) is 12.8. The highest BCUT2D eigenvalue weighted by atomic mass is 32.2. The van der Waals surface area contributed by atoms with Crippen molar-refractivity contribution >= 4 is 35.0 Å². The SMILES string of the molecule is CC(C)C(=O)Nc1ccccc1-c1nnc(SCC(=O)Nc2c(F)cccc2F)[nH]c1=O. The zero-order valence-electron chi connectivity index (χ0n) is 17.1. The van der Waals surface area contributed by atoms with E-state index in [0.29, 0.717) is 11.3 Å². The molecule has 0 saturated heterocycles. The topological polar surface area (TPSA) is 117 Å². The van der Waals surface area contributed by atoms with Gasteiger partial charge in [0.05, 0.1) is 11.4 Å². The summed E-state index contributed by atoms with van der Waals surface area (Å²) in [5.74, 6) is -3.22. The van der Waals surface area contributed by atoms with Crippen LogP contribution in [-0.4, -0.2) is 32.7 Å². The van der Waals surface area contributed by atoms with Crippen molar-refractivity contribution in [3.05, 3.63) is 64.5 Å². The van der Waals surface area contributed by atoms with Crippen LogP contribution in [0.4, 0.5) is 20.2 Å². The zero-order chi connectivity index (χ0) is 23.3. The number of anilines is 2. The van der Waals surface area contributed by atoms with Gasteiger partial charge in [0.2, 0.25) is 11.8 Å². The number of hydrogen-bond acceptors (Lipinski definition) is 6. The van der Waals surface area contributed by atoms with E-state index in [1.807, 2.05) is 0 Å². The number of nitrogens with zero attached hydrogens (tertiary/aromatic N) is 2. The molecule has 1 heterocycles. The molecule has 2 aromatic carbocycles. The Morgan fingerprint density at radius 2 is 1.72 bits per heavy atom. The lowest BCUT2D eigenvalue weighted by molar-refractivity contribution is -0.119. The Morgan fingerprint density at radius 3 is 2.38 bits per heavy atom. The van der Waals surface area contributed by atoms with Gasteiger partial charge < -0.3 is 10.6 Å². The molecule has 0 radical (unpaired) electrons. The molecule has 0 saturated carbocycles. The molecule has 0 bridgehead atoms. The largest absolute Gasteiger partial charge is 0.325 e. The Bertz CT molecular complexity index is 1200. The molecule has 3 rings (SSSR count). The van der Waals surface area contributed by atoms with E-state index in [1.54, 1.807) is 38.1 Å². The van der Waals surface area contributed by atoms with Gasteiger partial charge in [0, 0.05) is 11.5 Å². The lowest BCUT2D eigenvalue weighted by Crippen LogP contribution is -2.20. The predicted molar refractivity (Wildman–Crippen MR) is 117 cm³/mol. The average molecular weight is 459 g/mol. The van der Waals surface area contributed by atoms with E-state index in [0.717, 1.165) is 23.9 Å². The van der Waals surface area contributed by atoms with Crippen LogP contribution in [0.5, 0.6) is 0 Å². The second kappa shape index (κ2) is 10.1. The highest BCUT2D eigenvalue weighted by Gasteiger charge is 2.16. The lowest BCUT2D eigenvalue weighted by Gasteiger charge is -2.11. The molecule has 2 amide bonds. The molecule has 0 spiro atoms. The number of benzene rings is 2. The van der Waals surface area contributed by atoms with Crippen molar-refractivity contribution in [1.82, 2.24) is 15.2 Å². The molecule has 1 aromatic heterocycles. The molecule has 0 aliphatic rings. The quantitative estimate of drug-likeness (QED) is 0.466. The van der Waals surface area contributed by atoms with Gasteiger partial charge in [0.25, 0.3) is 5.56 Å². The Balaban J connectivity index is 1.72. The molecule has 3 N–H and O–H groups in total. The van der Waals surface area contributed by atoms with Gasteiger partial charge in [-0.3, -0.25) is 19.4 Å². The molecular weight excluding hydrogens is 440 g/mol. The summed E-state index contributed by atoms with van der Waals surface area (Å²) >= 11 is 0.840. The first-order valence-electron chi connectivity index (χ1n) is 9.50. The monoisotopic (exact) mass is 459 g/mol. The number of halogens is 2. The number of nitrogens with one attached hydrogen (secondary N) is 3. The van der Waals surface area contributed by atoms with Gasteiger partial charge in [0.1, 0.15) is 17.3 Å². The maximum atomic E-state index is 13.6. The molecule has 0 aliphatic carbocycles. The van der Waals surface area contributed by atoms with Gasteiger partial charge in [-0.2, -0.15) is 0 Å². The summed E-state index contributed by atoms with van der Waals surface area (Å²) in [4.78, 5) is 39.1. The van der Waals surface area contributed by atoms with Crippen LogP contribution in [0.15, 0.2) is 52.4 Å². The number of H-pyrrole nitrogens is 1. The van der Waals surface area contributed by atoms with Crippen LogP contribution in [0.3, 0.4) is 0 Å². The number of para-hydroxylation sites is 2. The number of aromatic nitrogens is 3. The standard InChI is InChI=1S/C21H19F2N5O3S/c1-11(2)19(30)24-15-9-4-3-6-12(15)17-20(31)26-21(28-27-17)32-10-16(29)25-18-13(22)7-5-8-14(18)23/h3-9,11H,10H2,1-2H3,(H,24,30)(H,25,29)(H,26,28,31). The van der Waals surface area contributed by atoms with Crippen molar-refractivity contribution < 1.29 is 18.4 Å². The first-order chi connectivity index (χ1) is 15.3. The predicted octanol–water partition coefficient (Wildman–Crippen LogP) is 3.44. The third-order valence-corrected chi connectivity index (χ3v) is 5.07. The summed E-state index contributed by atoms with van der Waals surface area (Å²) in [6.45, 7) is 3.49. The minimum atomic E-state index is -0.899. The summed E-state index contributed by atoms with van der Waals surface area (Å²) in [5.41, 5.74) is -0.327. The van der Waals surface area contributed by atoms with E-state index in [1.165, 1.54) is 6.07 Å². The van der Waals surface area contributed by atoms with E-state index < -0.39 is 28.8 Å². The second-order valence-corrected chi connectivity index (χ2v) is 7.89. The van der Waals surface area contributed by atoms with Gasteiger partial charge in [0.15, 0.2) is 10.9 Å². The molecule has 8 nitrogen and oxygen atoms in total. The number of aromatic amines is 1. The zero-order valence-corrected chi connectivity index (χ0v) is 17.9. The Hall–Kier alpha value is -3.60. The van der Waals surface area contributed by atoms with Crippen molar-refractivity contribution in [2.75, 3.05) is 16.4 Å². The summed E-state index contributed by atoms with van der Waals surface area (Å²) in [6, 6.07) is 9.90. The molecule has 11 heteroatoms. The van der Waals surface area contributed by atoms with Gasteiger partial charge in [-0.1, -0.05) is 49.9 Å². The van der Waals surface area contributed by atoms with Crippen LogP contribution >= 0.6 is 11.8 Å². The van der Waals surface area contributed by atoms with Crippen molar-refractivity contribution in [1.29, 1.82) is 0 Å². The number of carbonyl (C=O) groups is 2. The van der Waals surface area contributed by atoms with E-state index >= 15 is 0 Å². The van der Waals surface area contributed by atoms with Gasteiger partial charge in [-0.15, -0.1) is 10.2 Å². The van der Waals surface area contributed by atoms with Crippen LogP contribution in [0.1, 0.15) is 13.8 Å². The van der Waals surface area contributed by atoms with E-state index in [2.05, 4.69) is 25.8 Å². The second-order valence-electron chi connectivity index (χ2n) is 6.93. The highest BCUT2D eigenvalue weighted by Crippen LogP contribution is 2.24. The number of rotatable bonds is 7. The molecule has 0 fully saturated rings. The van der Waals surface area contributed by atoms with Crippen LogP contribution in [-0.2, 0) is 9.59 Å². The fourth-order valence-corrected chi connectivity index (χ4v) is 3.17. The number of amides is 2. The van der Waals surface area contributed by atoms with Crippen LogP contribution < -0.4 is 16.2 Å². The Morgan fingerprint density at radius 1 is 1.03 bits per heavy atom. The van der Waals surface area contributed by atoms with Crippen molar-refractivity contribution in [2.45, 2.75) is 19.0 Å². The maximum absolute atomic E-state index is 13.6. The number of thioether (sulfide) groups is 1. The minimum absolute atomic E-state index is 0.00751. The van der Waals surface area contributed by atoms with Crippen LogP contribution in [0.2, 0.25) is 0 Å². The average Bonchev–Trinajstić information content (AvgIpc) is 2.75. The van der Waals surface area contributed by atoms with Crippen LogP contribution in [0.25, 0.3) is 11.3 Å². The fourth-order valence-electron chi connectivity index (χ4n) is 2.57. The molecule has 3 aromatic rings. The fraction of sp³-hybridized carbons (Fsp3) is 0.190. The van der Waals surface area contributed by atoms with Crippen molar-refractivity contribution in [2.24, 2.45) is 5.92 Å². The molecule has 32 heavy (non-hydrogen) atoms. The summed E-state index contributed by atoms with van der Waals surface area (Å²) in [6.07, 6.45) is 0. The van der Waals surface area contributed by atoms with Crippen molar-refractivity contribution in [3.63, 3.8) is 0 Å². The third kappa shape index (κ3) is 5.55. The molecule has 166 valence electrons. The highest BCUT2D eigenvalue weighted by molar-refractivity contribution is 7.99. The summed E-state index contributed by atoms with van der Waals surface area (Å²) < 4.78 is 27.3. The smallest absolute Gasteiger partial charge is 0.278 e. The number of hydrogen-bond donors (Lipinski definition) is 3. The summed E-state index contributed by atoms with van der Waals surface area (Å²) in [7, 11) is 0. The van der Waals surface area contributed by atoms with E-state index in [-0.39, 0.29) is 28.4 Å². The normalized spacial score (nSPS) is 10.8. The molecule has 0 unspecified atom stereocenters. The third-order valence-electron chi connectivity index (χ3n) is 4.21. The lowest BCUT2D eigenvalue weighted by atomic mass is 10.1. The van der Waals surface area contributed by atoms with Gasteiger partial charge in [-0.05, 0) is 18.2 Å². The number of carbonyl (C=O) groups excluding carboxylic acids is 2. The maximum Gasteiger partial charge on any atom is 0.278 e. The van der Waals surface area contributed by atoms with E-state index in [9.17, 15) is 23.2 Å². The van der Waals surface area contributed by atoms with Gasteiger partial charge >= 0.3 is 0 Å². The first kappa shape index (κ1) is 23.1. The van der Waals surface area contributed by atoms with Gasteiger partial charge in [-0.25, -0.2) is 8.78 Å². The molecule has 0 atom stereocenters. The van der Waals surface area contributed by atoms with E-state index in [4.69, 9.17) is 0 Å². The van der Waals surface area contributed by atoms with Crippen LogP contribution in [0, 0.1) is 17.6 Å². The minimum Gasteiger partial charge on any atom is -0.325 e. The Labute approximate surface area is 185 Å². The molecule has 0 aliphatic heterocycles. The Kier molecular flexibility index (Phi) is 7.31. The first-order valence-corrected chi connectivity index (χ1v) is 10.5. The van der Waals surface area contributed by atoms with Crippen molar-refractivity contribution in [3.8, 4) is 11.3 Å².